The number of amides is 1. The number of hydrogen-bond donors (Lipinski definition) is 1. The van der Waals surface area contributed by atoms with Crippen LogP contribution in [0, 0.1) is 0 Å². The Hall–Kier alpha value is -1.44. The van der Waals surface area contributed by atoms with Gasteiger partial charge >= 0.3 is 18.0 Å². The summed E-state index contributed by atoms with van der Waals surface area (Å²) in [5.41, 5.74) is -0.732. The number of carboxylic acids is 1. The minimum absolute atomic E-state index is 0.0531. The van der Waals surface area contributed by atoms with Gasteiger partial charge in [-0.3, -0.25) is 9.69 Å². The van der Waals surface area contributed by atoms with Gasteiger partial charge in [0.05, 0.1) is 13.0 Å². The molecular formula is C12H19NO6S. The molecule has 1 aliphatic heterocycles. The lowest BCUT2D eigenvalue weighted by molar-refractivity contribution is -0.153. The predicted molar refractivity (Wildman–Crippen MR) is 72.4 cm³/mol. The van der Waals surface area contributed by atoms with E-state index in [2.05, 4.69) is 4.74 Å². The molecule has 20 heavy (non-hydrogen) atoms. The van der Waals surface area contributed by atoms with Crippen molar-refractivity contribution in [2.75, 3.05) is 13.0 Å². The molecule has 0 aromatic rings. The number of carboxylic acid groups (broad SMARTS) is 1. The molecule has 0 saturated carbocycles. The zero-order chi connectivity index (χ0) is 15.7. The van der Waals surface area contributed by atoms with Crippen LogP contribution in [0.3, 0.4) is 0 Å². The molecule has 2 unspecified atom stereocenters. The fourth-order valence-electron chi connectivity index (χ4n) is 1.78. The Morgan fingerprint density at radius 3 is 2.30 bits per heavy atom. The number of rotatable bonds is 2. The third kappa shape index (κ3) is 3.17. The molecule has 114 valence electrons. The second kappa shape index (κ2) is 5.51. The van der Waals surface area contributed by atoms with Crippen molar-refractivity contribution >= 4 is 29.8 Å². The minimum atomic E-state index is -1.45. The van der Waals surface area contributed by atoms with Crippen molar-refractivity contribution in [2.24, 2.45) is 0 Å². The lowest BCUT2D eigenvalue weighted by atomic mass is 10.0. The van der Waals surface area contributed by atoms with E-state index in [0.717, 1.165) is 23.8 Å². The van der Waals surface area contributed by atoms with Gasteiger partial charge in [0.2, 0.25) is 0 Å². The second-order valence-corrected chi connectivity index (χ2v) is 6.96. The molecular weight excluding hydrogens is 286 g/mol. The molecule has 1 N–H and O–H groups in total. The van der Waals surface area contributed by atoms with E-state index < -0.39 is 34.4 Å². The van der Waals surface area contributed by atoms with Gasteiger partial charge in [-0.2, -0.15) is 0 Å². The largest absolute Gasteiger partial charge is 0.480 e. The Morgan fingerprint density at radius 2 is 1.90 bits per heavy atom. The van der Waals surface area contributed by atoms with E-state index in [1.54, 1.807) is 20.8 Å². The Morgan fingerprint density at radius 1 is 1.35 bits per heavy atom. The van der Waals surface area contributed by atoms with Gasteiger partial charge in [-0.15, -0.1) is 11.8 Å². The molecule has 0 aromatic carbocycles. The van der Waals surface area contributed by atoms with Crippen molar-refractivity contribution in [3.05, 3.63) is 0 Å². The van der Waals surface area contributed by atoms with Gasteiger partial charge in [0.1, 0.15) is 10.3 Å². The summed E-state index contributed by atoms with van der Waals surface area (Å²) in [7, 11) is 1.15. The smallest absolute Gasteiger partial charge is 0.411 e. The van der Waals surface area contributed by atoms with Gasteiger partial charge in [-0.1, -0.05) is 0 Å². The lowest BCUT2D eigenvalue weighted by Crippen LogP contribution is -2.54. The van der Waals surface area contributed by atoms with Crippen LogP contribution < -0.4 is 0 Å². The third-order valence-corrected chi connectivity index (χ3v) is 4.22. The van der Waals surface area contributed by atoms with Gasteiger partial charge in [-0.25, -0.2) is 9.59 Å². The number of hydrogen-bond acceptors (Lipinski definition) is 6. The summed E-state index contributed by atoms with van der Waals surface area (Å²) in [6.45, 7) is 6.47. The molecule has 1 rings (SSSR count). The molecule has 0 aromatic heterocycles. The van der Waals surface area contributed by atoms with Crippen LogP contribution in [-0.2, 0) is 19.1 Å². The monoisotopic (exact) mass is 305 g/mol. The highest BCUT2D eigenvalue weighted by molar-refractivity contribution is 8.01. The average molecular weight is 305 g/mol. The zero-order valence-electron chi connectivity index (χ0n) is 12.1. The quantitative estimate of drug-likeness (QED) is 0.769. The molecule has 1 amide bonds. The number of carbonyl (C=O) groups excluding carboxylic acids is 2. The summed E-state index contributed by atoms with van der Waals surface area (Å²) in [5.74, 6) is -1.90. The minimum Gasteiger partial charge on any atom is -0.480 e. The number of aliphatic carboxylic acids is 1. The molecule has 0 radical (unpaired) electrons. The van der Waals surface area contributed by atoms with E-state index in [4.69, 9.17) is 4.74 Å². The molecule has 8 heteroatoms. The maximum Gasteiger partial charge on any atom is 0.411 e. The highest BCUT2D eigenvalue weighted by atomic mass is 32.2. The van der Waals surface area contributed by atoms with Gasteiger partial charge in [0.15, 0.2) is 6.04 Å². The number of esters is 1. The molecule has 7 nitrogen and oxygen atoms in total. The van der Waals surface area contributed by atoms with Crippen molar-refractivity contribution in [3.8, 4) is 0 Å². The molecule has 1 aliphatic rings. The number of ether oxygens (including phenoxy) is 2. The van der Waals surface area contributed by atoms with Gasteiger partial charge < -0.3 is 14.6 Å². The van der Waals surface area contributed by atoms with E-state index in [1.807, 2.05) is 0 Å². The first-order valence-electron chi connectivity index (χ1n) is 5.97. The van der Waals surface area contributed by atoms with Crippen LogP contribution in [0.5, 0.6) is 0 Å². The Kier molecular flexibility index (Phi) is 4.58. The lowest BCUT2D eigenvalue weighted by Gasteiger charge is -2.30. The highest BCUT2D eigenvalue weighted by Gasteiger charge is 2.57. The molecule has 1 heterocycles. The SMILES string of the molecule is COC(=O)C1N(C(=O)OC(C)(C)C)CSC1(C)C(=O)O. The number of thioether (sulfide) groups is 1. The van der Waals surface area contributed by atoms with E-state index >= 15 is 0 Å². The Bertz CT molecular complexity index is 432. The van der Waals surface area contributed by atoms with Crippen molar-refractivity contribution in [1.82, 2.24) is 4.90 Å². The van der Waals surface area contributed by atoms with E-state index in [-0.39, 0.29) is 5.88 Å². The molecule has 1 saturated heterocycles. The molecule has 0 bridgehead atoms. The first-order valence-corrected chi connectivity index (χ1v) is 6.96. The van der Waals surface area contributed by atoms with Crippen LogP contribution in [0.1, 0.15) is 27.7 Å². The summed E-state index contributed by atoms with van der Waals surface area (Å²) in [5, 5.41) is 9.31. The predicted octanol–water partition coefficient (Wildman–Crippen LogP) is 1.31. The topological polar surface area (TPSA) is 93.1 Å². The van der Waals surface area contributed by atoms with Crippen LogP contribution in [0.25, 0.3) is 0 Å². The zero-order valence-corrected chi connectivity index (χ0v) is 12.9. The van der Waals surface area contributed by atoms with Crippen LogP contribution in [0.4, 0.5) is 4.79 Å². The number of nitrogens with zero attached hydrogens (tertiary/aromatic N) is 1. The first-order chi connectivity index (χ1) is 9.03. The maximum absolute atomic E-state index is 12.1. The second-order valence-electron chi connectivity index (χ2n) is 5.56. The summed E-state index contributed by atoms with van der Waals surface area (Å²) in [6.07, 6.45) is -0.731. The van der Waals surface area contributed by atoms with Crippen molar-refractivity contribution in [2.45, 2.75) is 44.1 Å². The van der Waals surface area contributed by atoms with Gasteiger partial charge in [0.25, 0.3) is 0 Å². The normalized spacial score (nSPS) is 26.2. The summed E-state index contributed by atoms with van der Waals surface area (Å²) < 4.78 is 8.36. The van der Waals surface area contributed by atoms with Crippen molar-refractivity contribution < 1.29 is 29.0 Å². The Balaban J connectivity index is 3.06. The van der Waals surface area contributed by atoms with Crippen molar-refractivity contribution in [1.29, 1.82) is 0 Å². The van der Waals surface area contributed by atoms with Crippen LogP contribution in [0.15, 0.2) is 0 Å². The maximum atomic E-state index is 12.1. The molecule has 0 aliphatic carbocycles. The summed E-state index contributed by atoms with van der Waals surface area (Å²) in [6, 6.07) is -1.22. The fraction of sp³-hybridized carbons (Fsp3) is 0.750. The molecule has 2 atom stereocenters. The van der Waals surface area contributed by atoms with Crippen LogP contribution >= 0.6 is 11.8 Å². The summed E-state index contributed by atoms with van der Waals surface area (Å²) >= 11 is 0.992. The molecule has 0 spiro atoms. The van der Waals surface area contributed by atoms with Gasteiger partial charge in [-0.05, 0) is 27.7 Å². The van der Waals surface area contributed by atoms with E-state index in [1.165, 1.54) is 6.92 Å². The summed E-state index contributed by atoms with van der Waals surface area (Å²) in [4.78, 5) is 36.5. The van der Waals surface area contributed by atoms with Gasteiger partial charge in [0, 0.05) is 0 Å². The standard InChI is InChI=1S/C12H19NO6S/c1-11(2,3)19-10(17)13-6-20-12(4,9(15)16)7(13)8(14)18-5/h7H,6H2,1-5H3,(H,15,16). The Labute approximate surface area is 121 Å². The third-order valence-electron chi connectivity index (χ3n) is 2.81. The van der Waals surface area contributed by atoms with Crippen LogP contribution in [0.2, 0.25) is 0 Å². The van der Waals surface area contributed by atoms with Crippen molar-refractivity contribution in [3.63, 3.8) is 0 Å². The highest BCUT2D eigenvalue weighted by Crippen LogP contribution is 2.41. The average Bonchev–Trinajstić information content (AvgIpc) is 2.65. The number of carbonyl (C=O) groups is 3. The fourth-order valence-corrected chi connectivity index (χ4v) is 2.94. The first kappa shape index (κ1) is 16.6. The van der Waals surface area contributed by atoms with Crippen LogP contribution in [-0.4, -0.2) is 57.4 Å². The number of methoxy groups -OCH3 is 1. The van der Waals surface area contributed by atoms with E-state index in [0.29, 0.717) is 0 Å². The molecule has 1 fully saturated rings. The van der Waals surface area contributed by atoms with E-state index in [9.17, 15) is 19.5 Å².